The Morgan fingerprint density at radius 3 is 2.37 bits per heavy atom. The fourth-order valence-corrected chi connectivity index (χ4v) is 2.83. The average Bonchev–Trinajstić information content (AvgIpc) is 2.33. The van der Waals surface area contributed by atoms with Gasteiger partial charge >= 0.3 is 0 Å². The Kier molecular flexibility index (Phi) is 4.85. The Morgan fingerprint density at radius 2 is 1.74 bits per heavy atom. The fourth-order valence-electron chi connectivity index (χ4n) is 1.53. The van der Waals surface area contributed by atoms with Gasteiger partial charge in [-0.15, -0.1) is 0 Å². The number of benzene rings is 2. The molecule has 0 fully saturated rings. The molecular formula is C13H9BrCl3NO. The molecule has 0 aliphatic carbocycles. The SMILES string of the molecule is Nc1cccc(COc2c(Cl)cc(Cl)cc2Cl)c1Br. The Morgan fingerprint density at radius 1 is 1.11 bits per heavy atom. The average molecular weight is 381 g/mol. The standard InChI is InChI=1S/C13H9BrCl3NO/c14-12-7(2-1-3-11(12)18)6-19-13-9(16)4-8(15)5-10(13)17/h1-5H,6,18H2. The molecule has 19 heavy (non-hydrogen) atoms. The van der Waals surface area contributed by atoms with Crippen LogP contribution in [0, 0.1) is 0 Å². The van der Waals surface area contributed by atoms with E-state index in [9.17, 15) is 0 Å². The summed E-state index contributed by atoms with van der Waals surface area (Å²) in [5.74, 6) is 0.405. The van der Waals surface area contributed by atoms with Crippen LogP contribution in [0.2, 0.25) is 15.1 Å². The molecule has 0 bridgehead atoms. The zero-order chi connectivity index (χ0) is 14.0. The summed E-state index contributed by atoms with van der Waals surface area (Å²) in [6.45, 7) is 0.298. The van der Waals surface area contributed by atoms with Gasteiger partial charge in [0.25, 0.3) is 0 Å². The Hall–Kier alpha value is -0.610. The lowest BCUT2D eigenvalue weighted by Crippen LogP contribution is -1.99. The van der Waals surface area contributed by atoms with Crippen molar-refractivity contribution < 1.29 is 4.74 Å². The van der Waals surface area contributed by atoms with Gasteiger partial charge in [0.05, 0.1) is 10.0 Å². The highest BCUT2D eigenvalue weighted by Gasteiger charge is 2.11. The number of ether oxygens (including phenoxy) is 1. The van der Waals surface area contributed by atoms with Crippen LogP contribution in [-0.2, 0) is 6.61 Å². The first-order chi connectivity index (χ1) is 8.99. The molecule has 0 saturated heterocycles. The molecule has 2 aromatic carbocycles. The molecule has 0 radical (unpaired) electrons. The molecule has 0 atom stereocenters. The number of nitrogens with two attached hydrogens (primary N) is 1. The summed E-state index contributed by atoms with van der Waals surface area (Å²) < 4.78 is 6.44. The van der Waals surface area contributed by atoms with Gasteiger partial charge in [0, 0.05) is 20.7 Å². The van der Waals surface area contributed by atoms with E-state index in [1.165, 1.54) is 0 Å². The van der Waals surface area contributed by atoms with Gasteiger partial charge in [0.15, 0.2) is 5.75 Å². The number of halogens is 4. The molecule has 0 heterocycles. The number of anilines is 1. The topological polar surface area (TPSA) is 35.2 Å². The highest BCUT2D eigenvalue weighted by atomic mass is 79.9. The molecule has 0 aromatic heterocycles. The van der Waals surface area contributed by atoms with E-state index in [0.29, 0.717) is 33.1 Å². The third-order valence-electron chi connectivity index (χ3n) is 2.44. The van der Waals surface area contributed by atoms with Crippen LogP contribution in [0.25, 0.3) is 0 Å². The van der Waals surface area contributed by atoms with Crippen molar-refractivity contribution in [3.05, 3.63) is 55.4 Å². The second kappa shape index (κ2) is 6.23. The van der Waals surface area contributed by atoms with Gasteiger partial charge in [-0.25, -0.2) is 0 Å². The van der Waals surface area contributed by atoms with Crippen molar-refractivity contribution in [3.63, 3.8) is 0 Å². The molecule has 6 heteroatoms. The fraction of sp³-hybridized carbons (Fsp3) is 0.0769. The van der Waals surface area contributed by atoms with E-state index >= 15 is 0 Å². The molecular weight excluding hydrogens is 372 g/mol. The van der Waals surface area contributed by atoms with Gasteiger partial charge in [-0.2, -0.15) is 0 Å². The summed E-state index contributed by atoms with van der Waals surface area (Å²) >= 11 is 21.3. The summed E-state index contributed by atoms with van der Waals surface area (Å²) in [7, 11) is 0. The van der Waals surface area contributed by atoms with Gasteiger partial charge in [-0.05, 0) is 34.1 Å². The summed E-state index contributed by atoms with van der Waals surface area (Å²) in [6, 6.07) is 8.72. The van der Waals surface area contributed by atoms with Crippen LogP contribution in [0.15, 0.2) is 34.8 Å². The first-order valence-corrected chi connectivity index (χ1v) is 7.22. The van der Waals surface area contributed by atoms with E-state index in [2.05, 4.69) is 15.9 Å². The largest absolute Gasteiger partial charge is 0.486 e. The summed E-state index contributed by atoms with van der Waals surface area (Å²) in [6.07, 6.45) is 0. The molecule has 0 unspecified atom stereocenters. The van der Waals surface area contributed by atoms with Gasteiger partial charge in [-0.3, -0.25) is 0 Å². The van der Waals surface area contributed by atoms with Gasteiger partial charge in [-0.1, -0.05) is 46.9 Å². The van der Waals surface area contributed by atoms with Crippen LogP contribution in [0.1, 0.15) is 5.56 Å². The van der Waals surface area contributed by atoms with Crippen LogP contribution in [0.3, 0.4) is 0 Å². The lowest BCUT2D eigenvalue weighted by Gasteiger charge is -2.12. The minimum Gasteiger partial charge on any atom is -0.486 e. The minimum atomic E-state index is 0.298. The quantitative estimate of drug-likeness (QED) is 0.706. The molecule has 2 N–H and O–H groups in total. The molecule has 0 spiro atoms. The second-order valence-corrected chi connectivity index (χ2v) is 5.85. The Bertz CT molecular complexity index is 596. The Labute approximate surface area is 134 Å². The molecule has 0 saturated carbocycles. The molecule has 0 amide bonds. The van der Waals surface area contributed by atoms with Crippen LogP contribution in [0.4, 0.5) is 5.69 Å². The highest BCUT2D eigenvalue weighted by Crippen LogP contribution is 2.36. The predicted octanol–water partition coefficient (Wildman–Crippen LogP) is 5.57. The zero-order valence-corrected chi connectivity index (χ0v) is 13.4. The first-order valence-electron chi connectivity index (χ1n) is 5.29. The van der Waals surface area contributed by atoms with Crippen molar-refractivity contribution in [3.8, 4) is 5.75 Å². The van der Waals surface area contributed by atoms with Gasteiger partial charge in [0.2, 0.25) is 0 Å². The minimum absolute atomic E-state index is 0.298. The molecule has 0 aliphatic heterocycles. The molecule has 0 aliphatic rings. The number of hydrogen-bond acceptors (Lipinski definition) is 2. The van der Waals surface area contributed by atoms with Crippen molar-refractivity contribution in [1.29, 1.82) is 0 Å². The highest BCUT2D eigenvalue weighted by molar-refractivity contribution is 9.10. The van der Waals surface area contributed by atoms with Crippen molar-refractivity contribution in [2.45, 2.75) is 6.61 Å². The molecule has 2 rings (SSSR count). The maximum Gasteiger partial charge on any atom is 0.157 e. The maximum absolute atomic E-state index is 6.04. The van der Waals surface area contributed by atoms with E-state index in [0.717, 1.165) is 10.0 Å². The van der Waals surface area contributed by atoms with Crippen LogP contribution < -0.4 is 10.5 Å². The smallest absolute Gasteiger partial charge is 0.157 e. The summed E-state index contributed by atoms with van der Waals surface area (Å²) in [5.41, 5.74) is 7.35. The molecule has 2 aromatic rings. The monoisotopic (exact) mass is 379 g/mol. The zero-order valence-electron chi connectivity index (χ0n) is 9.59. The number of nitrogen functional groups attached to an aromatic ring is 1. The van der Waals surface area contributed by atoms with E-state index in [1.807, 2.05) is 12.1 Å². The van der Waals surface area contributed by atoms with Crippen LogP contribution in [-0.4, -0.2) is 0 Å². The van der Waals surface area contributed by atoms with E-state index < -0.39 is 0 Å². The molecule has 100 valence electrons. The van der Waals surface area contributed by atoms with Crippen molar-refractivity contribution in [2.24, 2.45) is 0 Å². The van der Waals surface area contributed by atoms with Crippen molar-refractivity contribution in [1.82, 2.24) is 0 Å². The summed E-state index contributed by atoms with van der Waals surface area (Å²) in [4.78, 5) is 0. The first kappa shape index (κ1) is 14.8. The number of hydrogen-bond donors (Lipinski definition) is 1. The Balaban J connectivity index is 2.22. The lowest BCUT2D eigenvalue weighted by molar-refractivity contribution is 0.306. The third-order valence-corrected chi connectivity index (χ3v) is 4.19. The van der Waals surface area contributed by atoms with Crippen molar-refractivity contribution in [2.75, 3.05) is 5.73 Å². The molecule has 2 nitrogen and oxygen atoms in total. The third kappa shape index (κ3) is 3.48. The van der Waals surface area contributed by atoms with Gasteiger partial charge < -0.3 is 10.5 Å². The van der Waals surface area contributed by atoms with E-state index in [1.54, 1.807) is 18.2 Å². The van der Waals surface area contributed by atoms with Crippen LogP contribution in [0.5, 0.6) is 5.75 Å². The number of rotatable bonds is 3. The second-order valence-electron chi connectivity index (χ2n) is 3.81. The predicted molar refractivity (Wildman–Crippen MR) is 84.4 cm³/mol. The maximum atomic E-state index is 6.04. The normalized spacial score (nSPS) is 10.5. The van der Waals surface area contributed by atoms with E-state index in [4.69, 9.17) is 45.3 Å². The summed E-state index contributed by atoms with van der Waals surface area (Å²) in [5, 5.41) is 1.21. The lowest BCUT2D eigenvalue weighted by atomic mass is 10.2. The van der Waals surface area contributed by atoms with Crippen LogP contribution >= 0.6 is 50.7 Å². The van der Waals surface area contributed by atoms with Crippen molar-refractivity contribution >= 4 is 56.4 Å². The van der Waals surface area contributed by atoms with E-state index in [-0.39, 0.29) is 0 Å². The van der Waals surface area contributed by atoms with Gasteiger partial charge in [0.1, 0.15) is 6.61 Å².